The molecule has 1 atom stereocenters. The molecule has 0 N–H and O–H groups in total. The highest BCUT2D eigenvalue weighted by molar-refractivity contribution is 6.09. The smallest absolute Gasteiger partial charge is 0.235 e. The first-order chi connectivity index (χ1) is 27.0. The van der Waals surface area contributed by atoms with E-state index >= 15 is 0 Å². The van der Waals surface area contributed by atoms with Gasteiger partial charge in [0.1, 0.15) is 5.65 Å². The van der Waals surface area contributed by atoms with Gasteiger partial charge in [-0.25, -0.2) is 15.0 Å². The number of benzene rings is 6. The molecular formula is C51H34N4. The predicted molar refractivity (Wildman–Crippen MR) is 223 cm³/mol. The zero-order valence-corrected chi connectivity index (χ0v) is 30.5. The van der Waals surface area contributed by atoms with E-state index < -0.39 is 5.41 Å². The van der Waals surface area contributed by atoms with E-state index in [2.05, 4.69) is 168 Å². The molecule has 3 aliphatic carbocycles. The monoisotopic (exact) mass is 702 g/mol. The lowest BCUT2D eigenvalue weighted by Crippen LogP contribution is -2.30. The molecule has 3 aromatic heterocycles. The van der Waals surface area contributed by atoms with Crippen LogP contribution < -0.4 is 0 Å². The van der Waals surface area contributed by atoms with Crippen LogP contribution in [0, 0.1) is 0 Å². The SMILES string of the molecule is CC1(C)c2ccccc2-c2cc3c(cc21)-c1ccccc1C31c2ccccc2C=Cc2ccc(-c3ccc4c(c3)c3cccnc3n4-c3ncccn3)cc21. The summed E-state index contributed by atoms with van der Waals surface area (Å²) < 4.78 is 2.06. The fourth-order valence-corrected chi connectivity index (χ4v) is 10.2. The molecule has 1 spiro atoms. The first-order valence-corrected chi connectivity index (χ1v) is 19.0. The molecule has 0 fully saturated rings. The molecule has 0 saturated heterocycles. The summed E-state index contributed by atoms with van der Waals surface area (Å²) >= 11 is 0. The van der Waals surface area contributed by atoms with Crippen molar-refractivity contribution in [3.8, 4) is 39.3 Å². The van der Waals surface area contributed by atoms with Crippen molar-refractivity contribution in [2.24, 2.45) is 0 Å². The maximum atomic E-state index is 4.80. The number of rotatable bonds is 2. The van der Waals surface area contributed by atoms with Crippen LogP contribution in [0.25, 0.3) is 73.4 Å². The molecule has 0 aliphatic heterocycles. The van der Waals surface area contributed by atoms with Crippen LogP contribution >= 0.6 is 0 Å². The number of fused-ring (bicyclic) bond motifs is 15. The quantitative estimate of drug-likeness (QED) is 0.180. The maximum Gasteiger partial charge on any atom is 0.235 e. The van der Waals surface area contributed by atoms with E-state index in [1.165, 1.54) is 72.3 Å². The molecule has 12 rings (SSSR count). The van der Waals surface area contributed by atoms with Crippen LogP contribution in [0.4, 0.5) is 0 Å². The lowest BCUT2D eigenvalue weighted by Gasteiger charge is -2.36. The largest absolute Gasteiger partial charge is 0.262 e. The Labute approximate surface area is 319 Å². The van der Waals surface area contributed by atoms with E-state index in [9.17, 15) is 0 Å². The van der Waals surface area contributed by atoms with E-state index in [1.807, 2.05) is 18.3 Å². The summed E-state index contributed by atoms with van der Waals surface area (Å²) in [6, 6.07) is 52.0. The summed E-state index contributed by atoms with van der Waals surface area (Å²) in [5, 5.41) is 2.20. The fourth-order valence-electron chi connectivity index (χ4n) is 10.2. The van der Waals surface area contributed by atoms with Crippen molar-refractivity contribution >= 4 is 34.1 Å². The molecule has 0 saturated carbocycles. The predicted octanol–water partition coefficient (Wildman–Crippen LogP) is 11.8. The molecule has 55 heavy (non-hydrogen) atoms. The van der Waals surface area contributed by atoms with Gasteiger partial charge in [0.15, 0.2) is 0 Å². The van der Waals surface area contributed by atoms with Gasteiger partial charge in [0.25, 0.3) is 0 Å². The van der Waals surface area contributed by atoms with Gasteiger partial charge in [-0.3, -0.25) is 4.57 Å². The Hall–Kier alpha value is -6.91. The fraction of sp³-hybridized carbons (Fsp3) is 0.0784. The molecule has 9 aromatic rings. The minimum absolute atomic E-state index is 0.0937. The van der Waals surface area contributed by atoms with Crippen molar-refractivity contribution in [2.45, 2.75) is 24.7 Å². The lowest BCUT2D eigenvalue weighted by molar-refractivity contribution is 0.660. The topological polar surface area (TPSA) is 43.6 Å². The molecule has 1 unspecified atom stereocenters. The standard InChI is InChI=1S/C51H34N4/c1-50(2)42-16-7-4-12-35(42)38-30-46-39(29-45(38)50)36-13-5-8-17-43(36)51(46)41-15-6-3-11-31(41)18-19-32-20-21-34(28-44(32)51)33-22-23-47-40(27-33)37-14-9-24-52-48(37)55(47)49-53-25-10-26-54-49/h3-30H,1-2H3. The lowest BCUT2D eigenvalue weighted by atomic mass is 9.65. The first kappa shape index (κ1) is 30.5. The van der Waals surface area contributed by atoms with Crippen LogP contribution in [0.3, 0.4) is 0 Å². The van der Waals surface area contributed by atoms with Crippen molar-refractivity contribution in [2.75, 3.05) is 0 Å². The van der Waals surface area contributed by atoms with Gasteiger partial charge in [-0.2, -0.15) is 0 Å². The second kappa shape index (κ2) is 10.8. The maximum absolute atomic E-state index is 4.80. The van der Waals surface area contributed by atoms with Gasteiger partial charge in [-0.1, -0.05) is 117 Å². The van der Waals surface area contributed by atoms with Crippen LogP contribution in [-0.4, -0.2) is 19.5 Å². The van der Waals surface area contributed by atoms with Crippen LogP contribution in [-0.2, 0) is 10.8 Å². The molecule has 3 heterocycles. The van der Waals surface area contributed by atoms with Crippen molar-refractivity contribution < 1.29 is 0 Å². The van der Waals surface area contributed by atoms with Gasteiger partial charge in [-0.05, 0) is 126 Å². The summed E-state index contributed by atoms with van der Waals surface area (Å²) in [6.07, 6.45) is 10.0. The van der Waals surface area contributed by atoms with Gasteiger partial charge >= 0.3 is 0 Å². The Morgan fingerprint density at radius 1 is 0.436 bits per heavy atom. The molecule has 0 bridgehead atoms. The van der Waals surface area contributed by atoms with E-state index in [0.29, 0.717) is 5.95 Å². The average Bonchev–Trinajstić information content (AvgIpc) is 3.76. The van der Waals surface area contributed by atoms with Crippen molar-refractivity contribution in [3.05, 3.63) is 203 Å². The van der Waals surface area contributed by atoms with E-state index in [1.54, 1.807) is 12.4 Å². The molecule has 0 amide bonds. The number of pyridine rings is 1. The Kier molecular flexibility index (Phi) is 6.02. The Balaban J connectivity index is 1.15. The van der Waals surface area contributed by atoms with Crippen LogP contribution in [0.5, 0.6) is 0 Å². The zero-order valence-electron chi connectivity index (χ0n) is 30.5. The Bertz CT molecular complexity index is 3130. The Morgan fingerprint density at radius 2 is 1.07 bits per heavy atom. The van der Waals surface area contributed by atoms with E-state index in [4.69, 9.17) is 4.98 Å². The highest BCUT2D eigenvalue weighted by atomic mass is 15.2. The molecule has 0 radical (unpaired) electrons. The van der Waals surface area contributed by atoms with E-state index in [0.717, 1.165) is 27.5 Å². The molecule has 4 heteroatoms. The second-order valence-electron chi connectivity index (χ2n) is 15.6. The van der Waals surface area contributed by atoms with E-state index in [-0.39, 0.29) is 5.41 Å². The van der Waals surface area contributed by atoms with Gasteiger partial charge in [0.2, 0.25) is 5.95 Å². The number of hydrogen-bond acceptors (Lipinski definition) is 3. The summed E-state index contributed by atoms with van der Waals surface area (Å²) in [5.41, 5.74) is 19.5. The summed E-state index contributed by atoms with van der Waals surface area (Å²) in [7, 11) is 0. The normalized spacial score (nSPS) is 16.7. The van der Waals surface area contributed by atoms with Crippen LogP contribution in [0.1, 0.15) is 58.4 Å². The van der Waals surface area contributed by atoms with Gasteiger partial charge in [0, 0.05) is 34.8 Å². The van der Waals surface area contributed by atoms with Gasteiger partial charge in [0.05, 0.1) is 10.9 Å². The summed E-state index contributed by atoms with van der Waals surface area (Å²) in [4.78, 5) is 14.0. The molecule has 3 aliphatic rings. The molecule has 6 aromatic carbocycles. The van der Waals surface area contributed by atoms with Crippen LogP contribution in [0.2, 0.25) is 0 Å². The summed E-state index contributed by atoms with van der Waals surface area (Å²) in [5.74, 6) is 0.613. The first-order valence-electron chi connectivity index (χ1n) is 19.0. The van der Waals surface area contributed by atoms with Gasteiger partial charge in [-0.15, -0.1) is 0 Å². The third kappa shape index (κ3) is 3.93. The summed E-state index contributed by atoms with van der Waals surface area (Å²) in [6.45, 7) is 4.76. The van der Waals surface area contributed by atoms with Crippen molar-refractivity contribution in [1.29, 1.82) is 0 Å². The minimum atomic E-state index is -0.539. The molecular weight excluding hydrogens is 669 g/mol. The number of nitrogens with zero attached hydrogens (tertiary/aromatic N) is 4. The average molecular weight is 703 g/mol. The minimum Gasteiger partial charge on any atom is -0.262 e. The Morgan fingerprint density at radius 3 is 1.91 bits per heavy atom. The third-order valence-corrected chi connectivity index (χ3v) is 12.6. The number of hydrogen-bond donors (Lipinski definition) is 0. The molecule has 258 valence electrons. The van der Waals surface area contributed by atoms with Crippen LogP contribution in [0.15, 0.2) is 158 Å². The number of aromatic nitrogens is 4. The highest BCUT2D eigenvalue weighted by Crippen LogP contribution is 2.62. The van der Waals surface area contributed by atoms with Crippen molar-refractivity contribution in [3.63, 3.8) is 0 Å². The zero-order chi connectivity index (χ0) is 36.5. The molecule has 4 nitrogen and oxygen atoms in total. The van der Waals surface area contributed by atoms with Crippen molar-refractivity contribution in [1.82, 2.24) is 19.5 Å². The highest BCUT2D eigenvalue weighted by Gasteiger charge is 2.50. The second-order valence-corrected chi connectivity index (χ2v) is 15.6. The third-order valence-electron chi connectivity index (χ3n) is 12.6. The van der Waals surface area contributed by atoms with Gasteiger partial charge < -0.3 is 0 Å².